The quantitative estimate of drug-likeness (QED) is 0.679. The van der Waals surface area contributed by atoms with Crippen molar-refractivity contribution in [2.45, 2.75) is 33.2 Å². The molecule has 0 bridgehead atoms. The van der Waals surface area contributed by atoms with Gasteiger partial charge in [0.15, 0.2) is 5.82 Å². The highest BCUT2D eigenvalue weighted by Gasteiger charge is 2.33. The number of aryl methyl sites for hydroxylation is 2. The molecule has 1 aliphatic heterocycles. The van der Waals surface area contributed by atoms with Crippen molar-refractivity contribution in [1.29, 1.82) is 0 Å². The van der Waals surface area contributed by atoms with Crippen molar-refractivity contribution in [2.24, 2.45) is 0 Å². The summed E-state index contributed by atoms with van der Waals surface area (Å²) in [6.45, 7) is 6.45. The molecule has 0 unspecified atom stereocenters. The molecule has 0 fully saturated rings. The van der Waals surface area contributed by atoms with Crippen molar-refractivity contribution < 1.29 is 4.79 Å². The maximum absolute atomic E-state index is 13.1. The summed E-state index contributed by atoms with van der Waals surface area (Å²) in [5.41, 5.74) is 4.26. The molecule has 2 aromatic heterocycles. The van der Waals surface area contributed by atoms with E-state index in [1.807, 2.05) is 49.9 Å². The lowest BCUT2D eigenvalue weighted by Crippen LogP contribution is -2.39. The van der Waals surface area contributed by atoms with E-state index in [0.29, 0.717) is 23.6 Å². The Morgan fingerprint density at radius 3 is 2.74 bits per heavy atom. The van der Waals surface area contributed by atoms with Gasteiger partial charge in [0.05, 0.1) is 22.3 Å². The van der Waals surface area contributed by atoms with Gasteiger partial charge in [-0.05, 0) is 44.0 Å². The van der Waals surface area contributed by atoms with Gasteiger partial charge >= 0.3 is 0 Å². The van der Waals surface area contributed by atoms with Gasteiger partial charge in [0.2, 0.25) is 0 Å². The highest BCUT2D eigenvalue weighted by molar-refractivity contribution is 6.34. The first-order chi connectivity index (χ1) is 13.0. The molecule has 1 aromatic carbocycles. The van der Waals surface area contributed by atoms with Crippen LogP contribution in [0.5, 0.6) is 0 Å². The molecular formula is C20H20ClN5O. The average molecular weight is 382 g/mol. The number of benzene rings is 1. The normalized spacial score (nSPS) is 16.3. The zero-order chi connectivity index (χ0) is 19.1. The van der Waals surface area contributed by atoms with Crippen LogP contribution in [0, 0.1) is 13.8 Å². The minimum Gasteiger partial charge on any atom is -0.330 e. The van der Waals surface area contributed by atoms with E-state index in [-0.39, 0.29) is 11.9 Å². The van der Waals surface area contributed by atoms with Gasteiger partial charge in [-0.2, -0.15) is 4.68 Å². The summed E-state index contributed by atoms with van der Waals surface area (Å²) in [6, 6.07) is 9.24. The molecule has 3 aromatic rings. The second kappa shape index (κ2) is 6.78. The van der Waals surface area contributed by atoms with Crippen LogP contribution < -0.4 is 0 Å². The van der Waals surface area contributed by atoms with Gasteiger partial charge in [-0.3, -0.25) is 4.79 Å². The van der Waals surface area contributed by atoms with Crippen molar-refractivity contribution >= 4 is 17.5 Å². The van der Waals surface area contributed by atoms with Gasteiger partial charge in [0.25, 0.3) is 5.91 Å². The van der Waals surface area contributed by atoms with Gasteiger partial charge in [-0.15, -0.1) is 5.10 Å². The van der Waals surface area contributed by atoms with E-state index in [2.05, 4.69) is 15.3 Å². The lowest BCUT2D eigenvalue weighted by atomic mass is 10.0. The van der Waals surface area contributed by atoms with Crippen LogP contribution in [0.25, 0.3) is 5.82 Å². The van der Waals surface area contributed by atoms with Gasteiger partial charge in [0, 0.05) is 19.2 Å². The minimum absolute atomic E-state index is 0.0783. The molecule has 0 aliphatic carbocycles. The fourth-order valence-electron chi connectivity index (χ4n) is 3.55. The summed E-state index contributed by atoms with van der Waals surface area (Å²) in [7, 11) is 0. The Balaban J connectivity index is 1.69. The first kappa shape index (κ1) is 17.7. The standard InChI is InChI=1S/C20H20ClN5O/c1-12-6-4-8-15(17(12)21)20(27)25-11-9-16-18(14(25)3)23-24-26(16)19-13(2)7-5-10-22-19/h4-8,10,14H,9,11H2,1-3H3/t14-/m1/s1. The molecule has 6 nitrogen and oxygen atoms in total. The first-order valence-electron chi connectivity index (χ1n) is 8.91. The lowest BCUT2D eigenvalue weighted by molar-refractivity contribution is 0.0672. The number of carbonyl (C=O) groups excluding carboxylic acids is 1. The molecule has 0 N–H and O–H groups in total. The molecule has 1 amide bonds. The van der Waals surface area contributed by atoms with Crippen LogP contribution in [0.2, 0.25) is 5.02 Å². The monoisotopic (exact) mass is 381 g/mol. The zero-order valence-electron chi connectivity index (χ0n) is 15.5. The van der Waals surface area contributed by atoms with Crippen LogP contribution in [0.15, 0.2) is 36.5 Å². The first-order valence-corrected chi connectivity index (χ1v) is 9.29. The summed E-state index contributed by atoms with van der Waals surface area (Å²) in [5, 5.41) is 9.19. The Labute approximate surface area is 162 Å². The van der Waals surface area contributed by atoms with Crippen LogP contribution in [-0.4, -0.2) is 37.3 Å². The number of hydrogen-bond acceptors (Lipinski definition) is 4. The Kier molecular flexibility index (Phi) is 4.44. The molecule has 0 radical (unpaired) electrons. The van der Waals surface area contributed by atoms with E-state index in [4.69, 9.17) is 11.6 Å². The van der Waals surface area contributed by atoms with Crippen LogP contribution in [0.4, 0.5) is 0 Å². The number of hydrogen-bond donors (Lipinski definition) is 0. The number of amides is 1. The molecule has 27 heavy (non-hydrogen) atoms. The number of pyridine rings is 1. The predicted octanol–water partition coefficient (Wildman–Crippen LogP) is 3.69. The van der Waals surface area contributed by atoms with E-state index in [1.54, 1.807) is 16.9 Å². The third-order valence-electron chi connectivity index (χ3n) is 5.11. The second-order valence-corrected chi connectivity index (χ2v) is 7.22. The number of aromatic nitrogens is 4. The molecule has 4 rings (SSSR count). The van der Waals surface area contributed by atoms with Gasteiger partial charge in [-0.1, -0.05) is 35.0 Å². The van der Waals surface area contributed by atoms with E-state index >= 15 is 0 Å². The predicted molar refractivity (Wildman–Crippen MR) is 103 cm³/mol. The van der Waals surface area contributed by atoms with Crippen LogP contribution in [0.3, 0.4) is 0 Å². The van der Waals surface area contributed by atoms with Crippen molar-refractivity contribution in [3.63, 3.8) is 0 Å². The minimum atomic E-state index is -0.185. The largest absolute Gasteiger partial charge is 0.330 e. The van der Waals surface area contributed by atoms with E-state index in [1.165, 1.54) is 0 Å². The topological polar surface area (TPSA) is 63.9 Å². The fourth-order valence-corrected chi connectivity index (χ4v) is 3.76. The Hall–Kier alpha value is -2.73. The maximum Gasteiger partial charge on any atom is 0.255 e. The highest BCUT2D eigenvalue weighted by Crippen LogP contribution is 2.32. The van der Waals surface area contributed by atoms with Crippen LogP contribution >= 0.6 is 11.6 Å². The molecule has 0 saturated heterocycles. The number of nitrogens with zero attached hydrogens (tertiary/aromatic N) is 5. The van der Waals surface area contributed by atoms with Crippen molar-refractivity contribution in [2.75, 3.05) is 6.54 Å². The van der Waals surface area contributed by atoms with E-state index in [0.717, 1.165) is 28.3 Å². The third-order valence-corrected chi connectivity index (χ3v) is 5.61. The average Bonchev–Trinajstić information content (AvgIpc) is 3.09. The van der Waals surface area contributed by atoms with Gasteiger partial charge < -0.3 is 4.90 Å². The zero-order valence-corrected chi connectivity index (χ0v) is 16.2. The number of halogens is 1. The third kappa shape index (κ3) is 2.90. The molecular weight excluding hydrogens is 362 g/mol. The van der Waals surface area contributed by atoms with Crippen molar-refractivity contribution in [3.05, 3.63) is 69.6 Å². The summed E-state index contributed by atoms with van der Waals surface area (Å²) in [6.07, 6.45) is 2.41. The molecule has 1 aliphatic rings. The molecule has 138 valence electrons. The molecule has 0 saturated carbocycles. The molecule has 1 atom stereocenters. The smallest absolute Gasteiger partial charge is 0.255 e. The van der Waals surface area contributed by atoms with Gasteiger partial charge in [0.1, 0.15) is 5.69 Å². The number of carbonyl (C=O) groups is 1. The van der Waals surface area contributed by atoms with Crippen molar-refractivity contribution in [3.8, 4) is 5.82 Å². The van der Waals surface area contributed by atoms with E-state index < -0.39 is 0 Å². The fraction of sp³-hybridized carbons (Fsp3) is 0.300. The summed E-state index contributed by atoms with van der Waals surface area (Å²) in [4.78, 5) is 19.4. The Bertz CT molecular complexity index is 1030. The highest BCUT2D eigenvalue weighted by atomic mass is 35.5. The maximum atomic E-state index is 13.1. The Morgan fingerprint density at radius 1 is 1.19 bits per heavy atom. The number of rotatable bonds is 2. The van der Waals surface area contributed by atoms with Gasteiger partial charge in [-0.25, -0.2) is 4.98 Å². The van der Waals surface area contributed by atoms with Crippen molar-refractivity contribution in [1.82, 2.24) is 24.9 Å². The SMILES string of the molecule is Cc1cccnc1-n1nnc2c1CCN(C(=O)c1cccc(C)c1Cl)[C@@H]2C. The van der Waals surface area contributed by atoms with Crippen LogP contribution in [-0.2, 0) is 6.42 Å². The molecule has 7 heteroatoms. The lowest BCUT2D eigenvalue weighted by Gasteiger charge is -2.33. The second-order valence-electron chi connectivity index (χ2n) is 6.84. The Morgan fingerprint density at radius 2 is 1.96 bits per heavy atom. The summed E-state index contributed by atoms with van der Waals surface area (Å²) >= 11 is 6.37. The molecule has 3 heterocycles. The molecule has 0 spiro atoms. The van der Waals surface area contributed by atoms with Crippen LogP contribution in [0.1, 0.15) is 45.8 Å². The number of fused-ring (bicyclic) bond motifs is 1. The summed E-state index contributed by atoms with van der Waals surface area (Å²) in [5.74, 6) is 0.699. The van der Waals surface area contributed by atoms with E-state index in [9.17, 15) is 4.79 Å². The summed E-state index contributed by atoms with van der Waals surface area (Å²) < 4.78 is 1.79.